The van der Waals surface area contributed by atoms with Crippen molar-refractivity contribution in [2.45, 2.75) is 76.7 Å². The van der Waals surface area contributed by atoms with E-state index in [1.54, 1.807) is 6.33 Å². The average Bonchev–Trinajstić information content (AvgIpc) is 3.29. The summed E-state index contributed by atoms with van der Waals surface area (Å²) in [5.74, 6) is 2.50. The largest absolute Gasteiger partial charge is 0.483 e. The van der Waals surface area contributed by atoms with Crippen molar-refractivity contribution >= 4 is 17.5 Å². The maximum absolute atomic E-state index is 13.0. The van der Waals surface area contributed by atoms with Gasteiger partial charge >= 0.3 is 0 Å². The monoisotopic (exact) mass is 444 g/mol. The fourth-order valence-electron chi connectivity index (χ4n) is 4.97. The molecule has 1 aliphatic carbocycles. The summed E-state index contributed by atoms with van der Waals surface area (Å²) >= 11 is 6.28. The summed E-state index contributed by atoms with van der Waals surface area (Å²) in [6, 6.07) is 6.10. The van der Waals surface area contributed by atoms with Gasteiger partial charge in [-0.1, -0.05) is 30.9 Å². The molecule has 2 heterocycles. The minimum absolute atomic E-state index is 0.0323. The lowest BCUT2D eigenvalue weighted by atomic mass is 9.84. The molecule has 1 aromatic heterocycles. The number of hydrogen-bond acceptors (Lipinski definition) is 4. The third kappa shape index (κ3) is 5.22. The quantitative estimate of drug-likeness (QED) is 0.602. The van der Waals surface area contributed by atoms with Crippen molar-refractivity contribution in [3.8, 4) is 5.75 Å². The van der Waals surface area contributed by atoms with E-state index in [1.807, 2.05) is 23.1 Å². The third-order valence-electron chi connectivity index (χ3n) is 6.66. The highest BCUT2D eigenvalue weighted by Gasteiger charge is 2.29. The van der Waals surface area contributed by atoms with Crippen LogP contribution in [0.2, 0.25) is 5.02 Å². The summed E-state index contributed by atoms with van der Waals surface area (Å²) in [7, 11) is 0. The van der Waals surface area contributed by atoms with Crippen LogP contribution in [0.25, 0.3) is 0 Å². The zero-order valence-corrected chi connectivity index (χ0v) is 19.4. The lowest BCUT2D eigenvalue weighted by molar-refractivity contribution is -0.134. The molecular weight excluding hydrogens is 412 g/mol. The van der Waals surface area contributed by atoms with E-state index in [4.69, 9.17) is 16.3 Å². The van der Waals surface area contributed by atoms with Crippen molar-refractivity contribution < 1.29 is 9.53 Å². The van der Waals surface area contributed by atoms with Crippen LogP contribution in [-0.2, 0) is 4.79 Å². The highest BCUT2D eigenvalue weighted by molar-refractivity contribution is 6.30. The summed E-state index contributed by atoms with van der Waals surface area (Å²) in [5.41, 5.74) is 1.15. The Kier molecular flexibility index (Phi) is 7.16. The Balaban J connectivity index is 1.40. The molecule has 0 bridgehead atoms. The molecule has 1 amide bonds. The van der Waals surface area contributed by atoms with Gasteiger partial charge in [-0.15, -0.1) is 10.2 Å². The van der Waals surface area contributed by atoms with Crippen molar-refractivity contribution in [2.75, 3.05) is 19.7 Å². The minimum Gasteiger partial charge on any atom is -0.483 e. The Morgan fingerprint density at radius 1 is 1.16 bits per heavy atom. The van der Waals surface area contributed by atoms with E-state index < -0.39 is 0 Å². The second-order valence-electron chi connectivity index (χ2n) is 9.17. The van der Waals surface area contributed by atoms with E-state index in [0.29, 0.717) is 18.5 Å². The lowest BCUT2D eigenvalue weighted by Gasteiger charge is -2.33. The average molecular weight is 445 g/mol. The number of likely N-dealkylation sites (tertiary alicyclic amines) is 1. The number of carbonyl (C=O) groups is 1. The van der Waals surface area contributed by atoms with Crippen molar-refractivity contribution in [3.63, 3.8) is 0 Å². The van der Waals surface area contributed by atoms with Gasteiger partial charge in [-0.25, -0.2) is 0 Å². The predicted octanol–water partition coefficient (Wildman–Crippen LogP) is 5.35. The molecule has 7 heteroatoms. The summed E-state index contributed by atoms with van der Waals surface area (Å²) in [4.78, 5) is 14.9. The molecule has 168 valence electrons. The molecule has 1 unspecified atom stereocenters. The fraction of sp³-hybridized carbons (Fsp3) is 0.625. The number of aromatic nitrogens is 3. The van der Waals surface area contributed by atoms with E-state index in [0.717, 1.165) is 54.4 Å². The summed E-state index contributed by atoms with van der Waals surface area (Å²) < 4.78 is 8.18. The smallest absolute Gasteiger partial charge is 0.260 e. The SMILES string of the molecule is CC(C)n1cnnc1C1CCCN(C(=O)COc2ccc(Cl)cc2C2CCCCC2)C1. The topological polar surface area (TPSA) is 60.2 Å². The lowest BCUT2D eigenvalue weighted by Crippen LogP contribution is -2.42. The minimum atomic E-state index is 0.0323. The molecule has 1 aliphatic heterocycles. The van der Waals surface area contributed by atoms with Gasteiger partial charge in [0.1, 0.15) is 17.9 Å². The molecule has 0 radical (unpaired) electrons. The Labute approximate surface area is 189 Å². The van der Waals surface area contributed by atoms with Gasteiger partial charge in [0.2, 0.25) is 0 Å². The predicted molar refractivity (Wildman–Crippen MR) is 122 cm³/mol. The number of carbonyl (C=O) groups excluding carboxylic acids is 1. The van der Waals surface area contributed by atoms with E-state index >= 15 is 0 Å². The van der Waals surface area contributed by atoms with Crippen molar-refractivity contribution in [2.24, 2.45) is 0 Å². The molecule has 2 aliphatic rings. The molecule has 2 fully saturated rings. The number of nitrogens with zero attached hydrogens (tertiary/aromatic N) is 4. The van der Waals surface area contributed by atoms with Crippen LogP contribution in [0.4, 0.5) is 0 Å². The number of piperidine rings is 1. The van der Waals surface area contributed by atoms with Crippen molar-refractivity contribution in [1.29, 1.82) is 0 Å². The molecule has 31 heavy (non-hydrogen) atoms. The third-order valence-corrected chi connectivity index (χ3v) is 6.90. The second-order valence-corrected chi connectivity index (χ2v) is 9.61. The van der Waals surface area contributed by atoms with Gasteiger partial charge in [0.15, 0.2) is 6.61 Å². The van der Waals surface area contributed by atoms with Gasteiger partial charge in [0.25, 0.3) is 5.91 Å². The number of ether oxygens (including phenoxy) is 1. The number of halogens is 1. The number of amides is 1. The number of hydrogen-bond donors (Lipinski definition) is 0. The Morgan fingerprint density at radius 3 is 2.71 bits per heavy atom. The number of rotatable bonds is 6. The first kappa shape index (κ1) is 22.1. The Bertz CT molecular complexity index is 891. The molecule has 0 N–H and O–H groups in total. The fourth-order valence-corrected chi connectivity index (χ4v) is 5.15. The summed E-state index contributed by atoms with van der Waals surface area (Å²) in [6.45, 7) is 5.75. The van der Waals surface area contributed by atoms with Crippen LogP contribution < -0.4 is 4.74 Å². The van der Waals surface area contributed by atoms with E-state index in [1.165, 1.54) is 19.3 Å². The highest BCUT2D eigenvalue weighted by atomic mass is 35.5. The maximum atomic E-state index is 13.0. The molecule has 2 aromatic rings. The van der Waals surface area contributed by atoms with Gasteiger partial charge in [-0.2, -0.15) is 0 Å². The molecule has 1 atom stereocenters. The van der Waals surface area contributed by atoms with E-state index in [2.05, 4.69) is 28.6 Å². The van der Waals surface area contributed by atoms with Gasteiger partial charge in [0, 0.05) is 30.1 Å². The van der Waals surface area contributed by atoms with Gasteiger partial charge in [-0.05, 0) is 69.2 Å². The van der Waals surface area contributed by atoms with Crippen LogP contribution in [0, 0.1) is 0 Å². The van der Waals surface area contributed by atoms with Gasteiger partial charge < -0.3 is 14.2 Å². The van der Waals surface area contributed by atoms with Crippen LogP contribution in [0.1, 0.15) is 88.1 Å². The molecule has 1 aromatic carbocycles. The van der Waals surface area contributed by atoms with Crippen LogP contribution in [0.15, 0.2) is 24.5 Å². The molecule has 0 spiro atoms. The van der Waals surface area contributed by atoms with Crippen LogP contribution in [0.5, 0.6) is 5.75 Å². The molecule has 1 saturated carbocycles. The summed E-state index contributed by atoms with van der Waals surface area (Å²) in [6.07, 6.45) is 9.89. The van der Waals surface area contributed by atoms with Crippen molar-refractivity contribution in [1.82, 2.24) is 19.7 Å². The second kappa shape index (κ2) is 10.0. The van der Waals surface area contributed by atoms with E-state index in [-0.39, 0.29) is 18.4 Å². The Hall–Kier alpha value is -2.08. The first-order chi connectivity index (χ1) is 15.0. The Morgan fingerprint density at radius 2 is 1.94 bits per heavy atom. The highest BCUT2D eigenvalue weighted by Crippen LogP contribution is 2.38. The van der Waals surface area contributed by atoms with Crippen LogP contribution >= 0.6 is 11.6 Å². The standard InChI is InChI=1S/C24H33ClN4O2/c1-17(2)29-16-26-27-24(29)19-9-6-12-28(14-19)23(30)15-31-22-11-10-20(25)13-21(22)18-7-4-3-5-8-18/h10-11,13,16-19H,3-9,12,14-15H2,1-2H3. The molecular formula is C24H33ClN4O2. The molecule has 4 rings (SSSR count). The molecule has 6 nitrogen and oxygen atoms in total. The maximum Gasteiger partial charge on any atom is 0.260 e. The van der Waals surface area contributed by atoms with Crippen LogP contribution in [-0.4, -0.2) is 45.3 Å². The van der Waals surface area contributed by atoms with E-state index in [9.17, 15) is 4.79 Å². The molecule has 1 saturated heterocycles. The van der Waals surface area contributed by atoms with Gasteiger partial charge in [-0.3, -0.25) is 4.79 Å². The zero-order valence-electron chi connectivity index (χ0n) is 18.6. The summed E-state index contributed by atoms with van der Waals surface area (Å²) in [5, 5.41) is 9.18. The number of benzene rings is 1. The first-order valence-electron chi connectivity index (χ1n) is 11.6. The van der Waals surface area contributed by atoms with Gasteiger partial charge in [0.05, 0.1) is 0 Å². The first-order valence-corrected chi connectivity index (χ1v) is 12.0. The van der Waals surface area contributed by atoms with Crippen molar-refractivity contribution in [3.05, 3.63) is 40.9 Å². The normalized spacial score (nSPS) is 20.3. The zero-order chi connectivity index (χ0) is 21.8. The van der Waals surface area contributed by atoms with Crippen LogP contribution in [0.3, 0.4) is 0 Å².